The Morgan fingerprint density at radius 2 is 1.89 bits per heavy atom. The highest BCUT2D eigenvalue weighted by atomic mass is 32.2. The Morgan fingerprint density at radius 1 is 1.22 bits per heavy atom. The third-order valence-corrected chi connectivity index (χ3v) is 6.27. The molecule has 2 rings (SSSR count). The summed E-state index contributed by atoms with van der Waals surface area (Å²) in [6, 6.07) is 4.32. The Kier molecular flexibility index (Phi) is 7.28. The van der Waals surface area contributed by atoms with Crippen LogP contribution < -0.4 is 10.6 Å². The Balaban J connectivity index is 1.84. The van der Waals surface area contributed by atoms with Crippen LogP contribution in [0.2, 0.25) is 0 Å². The molecule has 0 bridgehead atoms. The van der Waals surface area contributed by atoms with Crippen LogP contribution in [0.1, 0.15) is 20.3 Å². The lowest BCUT2D eigenvalue weighted by atomic mass is 10.3. The molecule has 0 aliphatic carbocycles. The molecule has 1 aromatic carbocycles. The maximum absolute atomic E-state index is 13.3. The van der Waals surface area contributed by atoms with Crippen LogP contribution in [0, 0.1) is 5.82 Å². The fraction of sp³-hybridized carbons (Fsp3) is 0.529. The summed E-state index contributed by atoms with van der Waals surface area (Å²) in [4.78, 5) is 25.3. The van der Waals surface area contributed by atoms with Gasteiger partial charge in [0.25, 0.3) is 0 Å². The first-order valence-corrected chi connectivity index (χ1v) is 10.2. The molecule has 1 aliphatic heterocycles. The van der Waals surface area contributed by atoms with Gasteiger partial charge in [0.15, 0.2) is 0 Å². The molecule has 0 spiro atoms. The van der Waals surface area contributed by atoms with Gasteiger partial charge in [0.1, 0.15) is 5.82 Å². The van der Waals surface area contributed by atoms with Gasteiger partial charge in [-0.3, -0.25) is 15.0 Å². The van der Waals surface area contributed by atoms with Crippen LogP contribution in [0.5, 0.6) is 0 Å². The number of amides is 3. The van der Waals surface area contributed by atoms with E-state index < -0.39 is 27.8 Å². The van der Waals surface area contributed by atoms with Gasteiger partial charge in [0, 0.05) is 32.2 Å². The van der Waals surface area contributed by atoms with Crippen LogP contribution in [0.4, 0.5) is 9.18 Å². The van der Waals surface area contributed by atoms with Gasteiger partial charge in [-0.1, -0.05) is 13.0 Å². The molecule has 3 amide bonds. The summed E-state index contributed by atoms with van der Waals surface area (Å²) in [5.74, 6) is -1.06. The van der Waals surface area contributed by atoms with Crippen molar-refractivity contribution in [1.29, 1.82) is 0 Å². The molecule has 1 saturated heterocycles. The van der Waals surface area contributed by atoms with E-state index in [1.54, 1.807) is 4.90 Å². The van der Waals surface area contributed by atoms with Crippen molar-refractivity contribution in [2.75, 3.05) is 32.7 Å². The zero-order valence-electron chi connectivity index (χ0n) is 15.4. The predicted octanol–water partition coefficient (Wildman–Crippen LogP) is 0.756. The fourth-order valence-electron chi connectivity index (χ4n) is 2.64. The van der Waals surface area contributed by atoms with Crippen molar-refractivity contribution in [2.24, 2.45) is 0 Å². The van der Waals surface area contributed by atoms with E-state index in [-0.39, 0.29) is 30.6 Å². The molecular weight excluding hydrogens is 375 g/mol. The highest BCUT2D eigenvalue weighted by Gasteiger charge is 2.29. The van der Waals surface area contributed by atoms with Gasteiger partial charge in [-0.2, -0.15) is 4.31 Å². The van der Waals surface area contributed by atoms with Crippen molar-refractivity contribution in [3.63, 3.8) is 0 Å². The van der Waals surface area contributed by atoms with Gasteiger partial charge in [-0.05, 0) is 31.5 Å². The van der Waals surface area contributed by atoms with Crippen LogP contribution in [-0.4, -0.2) is 68.3 Å². The number of nitrogens with one attached hydrogen (secondary N) is 2. The van der Waals surface area contributed by atoms with E-state index in [9.17, 15) is 22.4 Å². The lowest BCUT2D eigenvalue weighted by molar-refractivity contribution is -0.121. The van der Waals surface area contributed by atoms with Gasteiger partial charge in [-0.25, -0.2) is 17.6 Å². The van der Waals surface area contributed by atoms with Gasteiger partial charge in [-0.15, -0.1) is 0 Å². The van der Waals surface area contributed by atoms with Crippen LogP contribution in [-0.2, 0) is 14.8 Å². The first-order valence-electron chi connectivity index (χ1n) is 8.80. The molecule has 0 radical (unpaired) electrons. The average molecular weight is 400 g/mol. The lowest BCUT2D eigenvalue weighted by Gasteiger charge is -2.33. The van der Waals surface area contributed by atoms with Crippen molar-refractivity contribution < 1.29 is 22.4 Å². The summed E-state index contributed by atoms with van der Waals surface area (Å²) in [6.45, 7) is 4.81. The average Bonchev–Trinajstić information content (AvgIpc) is 2.61. The zero-order valence-corrected chi connectivity index (χ0v) is 16.3. The number of carbonyl (C=O) groups is 2. The standard InChI is InChI=1S/C17H25FN4O4S/c1-3-13(2)19-17(24)20-16(23)12-21-7-9-22(10-8-21)27(25,26)15-6-4-5-14(18)11-15/h4-6,11,13H,3,7-10,12H2,1-2H3,(H2,19,20,23,24)/t13-/m0/s1. The lowest BCUT2D eigenvalue weighted by Crippen LogP contribution is -2.52. The van der Waals surface area contributed by atoms with Crippen molar-refractivity contribution in [2.45, 2.75) is 31.2 Å². The molecule has 0 saturated carbocycles. The first-order chi connectivity index (χ1) is 12.7. The van der Waals surface area contributed by atoms with E-state index in [0.717, 1.165) is 12.5 Å². The van der Waals surface area contributed by atoms with E-state index in [0.29, 0.717) is 13.1 Å². The highest BCUT2D eigenvalue weighted by molar-refractivity contribution is 7.89. The third kappa shape index (κ3) is 5.98. The Labute approximate surface area is 158 Å². The monoisotopic (exact) mass is 400 g/mol. The SMILES string of the molecule is CC[C@H](C)NC(=O)NC(=O)CN1CCN(S(=O)(=O)c2cccc(F)c2)CC1. The van der Waals surface area contributed by atoms with E-state index in [1.807, 2.05) is 13.8 Å². The second kappa shape index (κ2) is 9.25. The molecule has 10 heteroatoms. The molecule has 1 aromatic rings. The van der Waals surface area contributed by atoms with Crippen molar-refractivity contribution in [1.82, 2.24) is 19.8 Å². The Bertz CT molecular complexity index is 779. The number of hydrogen-bond donors (Lipinski definition) is 2. The van der Waals surface area contributed by atoms with E-state index in [2.05, 4.69) is 10.6 Å². The smallest absolute Gasteiger partial charge is 0.321 e. The second-order valence-electron chi connectivity index (χ2n) is 6.47. The largest absolute Gasteiger partial charge is 0.335 e. The molecule has 27 heavy (non-hydrogen) atoms. The van der Waals surface area contributed by atoms with Crippen LogP contribution >= 0.6 is 0 Å². The molecule has 0 unspecified atom stereocenters. The minimum atomic E-state index is -3.77. The number of benzene rings is 1. The number of imide groups is 1. The highest BCUT2D eigenvalue weighted by Crippen LogP contribution is 2.18. The normalized spacial score (nSPS) is 17.3. The molecular formula is C17H25FN4O4S. The predicted molar refractivity (Wildman–Crippen MR) is 98.0 cm³/mol. The van der Waals surface area contributed by atoms with Gasteiger partial charge in [0.05, 0.1) is 11.4 Å². The van der Waals surface area contributed by atoms with Gasteiger partial charge < -0.3 is 5.32 Å². The van der Waals surface area contributed by atoms with Crippen LogP contribution in [0.25, 0.3) is 0 Å². The molecule has 150 valence electrons. The third-order valence-electron chi connectivity index (χ3n) is 4.38. The Hall–Kier alpha value is -2.04. The quantitative estimate of drug-likeness (QED) is 0.735. The molecule has 0 aromatic heterocycles. The summed E-state index contributed by atoms with van der Waals surface area (Å²) in [5.41, 5.74) is 0. The number of rotatable bonds is 6. The molecule has 1 atom stereocenters. The molecule has 1 heterocycles. The summed E-state index contributed by atoms with van der Waals surface area (Å²) in [7, 11) is -3.77. The second-order valence-corrected chi connectivity index (χ2v) is 8.41. The zero-order chi connectivity index (χ0) is 20.0. The minimum absolute atomic E-state index is 0.00176. The number of carbonyl (C=O) groups excluding carboxylic acids is 2. The van der Waals surface area contributed by atoms with Gasteiger partial charge in [0.2, 0.25) is 15.9 Å². The summed E-state index contributed by atoms with van der Waals surface area (Å²) < 4.78 is 39.7. The first kappa shape index (κ1) is 21.3. The molecule has 1 aliphatic rings. The van der Waals surface area contributed by atoms with Crippen LogP contribution in [0.15, 0.2) is 29.2 Å². The molecule has 8 nitrogen and oxygen atoms in total. The summed E-state index contributed by atoms with van der Waals surface area (Å²) >= 11 is 0. The molecule has 1 fully saturated rings. The van der Waals surface area contributed by atoms with Gasteiger partial charge >= 0.3 is 6.03 Å². The fourth-order valence-corrected chi connectivity index (χ4v) is 4.09. The number of halogens is 1. The molecule has 2 N–H and O–H groups in total. The number of hydrogen-bond acceptors (Lipinski definition) is 5. The van der Waals surface area contributed by atoms with Crippen LogP contribution in [0.3, 0.4) is 0 Å². The minimum Gasteiger partial charge on any atom is -0.335 e. The van der Waals surface area contributed by atoms with E-state index in [1.165, 1.54) is 22.5 Å². The number of nitrogens with zero attached hydrogens (tertiary/aromatic N) is 2. The Morgan fingerprint density at radius 3 is 2.48 bits per heavy atom. The van der Waals surface area contributed by atoms with Crippen molar-refractivity contribution >= 4 is 22.0 Å². The summed E-state index contributed by atoms with van der Waals surface area (Å²) in [5, 5.41) is 4.90. The van der Waals surface area contributed by atoms with Crippen molar-refractivity contribution in [3.05, 3.63) is 30.1 Å². The van der Waals surface area contributed by atoms with E-state index in [4.69, 9.17) is 0 Å². The maximum atomic E-state index is 13.3. The topological polar surface area (TPSA) is 98.8 Å². The van der Waals surface area contributed by atoms with Crippen molar-refractivity contribution in [3.8, 4) is 0 Å². The maximum Gasteiger partial charge on any atom is 0.321 e. The number of urea groups is 1. The van der Waals surface area contributed by atoms with E-state index >= 15 is 0 Å². The number of sulfonamides is 1. The summed E-state index contributed by atoms with van der Waals surface area (Å²) in [6.07, 6.45) is 0.753. The number of piperazine rings is 1.